The Balaban J connectivity index is 1.62. The number of hydrogen-bond donors (Lipinski definition) is 4. The molecule has 2 atom stereocenters. The average molecular weight is 636 g/mol. The number of amides is 2. The van der Waals surface area contributed by atoms with E-state index in [0.29, 0.717) is 56.0 Å². The number of aryl methyl sites for hydroxylation is 1. The zero-order valence-electron chi connectivity index (χ0n) is 26.4. The van der Waals surface area contributed by atoms with E-state index in [9.17, 15) is 14.7 Å². The van der Waals surface area contributed by atoms with Gasteiger partial charge in [0.25, 0.3) is 5.91 Å². The largest absolute Gasteiger partial charge is 0.453 e. The molecular weight excluding hydrogens is 590 g/mol. The second-order valence-corrected chi connectivity index (χ2v) is 12.1. The number of aliphatic hydroxyl groups is 2. The van der Waals surface area contributed by atoms with Crippen LogP contribution in [0.2, 0.25) is 5.02 Å². The smallest absolute Gasteiger partial charge is 0.406 e. The van der Waals surface area contributed by atoms with Gasteiger partial charge in [-0.05, 0) is 85.5 Å². The Kier molecular flexibility index (Phi) is 12.8. The lowest BCUT2D eigenvalue weighted by atomic mass is 9.72. The number of benzene rings is 3. The van der Waals surface area contributed by atoms with Gasteiger partial charge in [-0.25, -0.2) is 4.79 Å². The molecule has 0 saturated carbocycles. The molecule has 242 valence electrons. The van der Waals surface area contributed by atoms with Gasteiger partial charge in [-0.3, -0.25) is 4.79 Å². The van der Waals surface area contributed by atoms with E-state index >= 15 is 0 Å². The van der Waals surface area contributed by atoms with Gasteiger partial charge in [0.05, 0.1) is 12.7 Å². The van der Waals surface area contributed by atoms with Crippen LogP contribution in [0.4, 0.5) is 4.79 Å². The summed E-state index contributed by atoms with van der Waals surface area (Å²) in [7, 11) is 1.33. The number of ether oxygens (including phenoxy) is 1. The van der Waals surface area contributed by atoms with Crippen molar-refractivity contribution in [2.75, 3.05) is 39.9 Å². The summed E-state index contributed by atoms with van der Waals surface area (Å²) in [6.45, 7) is 5.00. The van der Waals surface area contributed by atoms with Crippen LogP contribution in [0.25, 0.3) is 11.1 Å². The first-order valence-corrected chi connectivity index (χ1v) is 16.3. The van der Waals surface area contributed by atoms with Crippen LogP contribution >= 0.6 is 11.6 Å². The Morgan fingerprint density at radius 3 is 2.56 bits per heavy atom. The third-order valence-electron chi connectivity index (χ3n) is 8.72. The summed E-state index contributed by atoms with van der Waals surface area (Å²) in [4.78, 5) is 27.3. The number of hydrogen-bond acceptors (Lipinski definition) is 6. The van der Waals surface area contributed by atoms with E-state index in [-0.39, 0.29) is 18.4 Å². The SMILES string of the molecule is CCc1cccc(-c2c(Cl)cccc2C(O)(CCCNC(=O)OC)C2CCCN(C(=O)c3ccc(CNCCCO)cc3)C2)c1. The minimum Gasteiger partial charge on any atom is -0.453 e. The summed E-state index contributed by atoms with van der Waals surface area (Å²) < 4.78 is 4.73. The Hall–Kier alpha value is -3.43. The summed E-state index contributed by atoms with van der Waals surface area (Å²) in [6.07, 6.45) is 3.42. The Morgan fingerprint density at radius 1 is 1.04 bits per heavy atom. The number of likely N-dealkylation sites (tertiary alicyclic amines) is 1. The first kappa shape index (κ1) is 34.4. The molecule has 4 rings (SSSR count). The van der Waals surface area contributed by atoms with E-state index in [2.05, 4.69) is 29.7 Å². The van der Waals surface area contributed by atoms with Crippen LogP contribution in [0.3, 0.4) is 0 Å². The van der Waals surface area contributed by atoms with Crippen LogP contribution in [0.5, 0.6) is 0 Å². The molecule has 3 aromatic rings. The highest BCUT2D eigenvalue weighted by molar-refractivity contribution is 6.33. The third kappa shape index (κ3) is 8.85. The number of nitrogens with one attached hydrogen (secondary N) is 2. The second-order valence-electron chi connectivity index (χ2n) is 11.7. The molecule has 4 N–H and O–H groups in total. The molecule has 0 aromatic heterocycles. The molecule has 1 saturated heterocycles. The summed E-state index contributed by atoms with van der Waals surface area (Å²) in [5.74, 6) is -0.314. The van der Waals surface area contributed by atoms with Crippen molar-refractivity contribution in [2.24, 2.45) is 5.92 Å². The van der Waals surface area contributed by atoms with Crippen molar-refractivity contribution in [3.8, 4) is 11.1 Å². The maximum atomic E-state index is 13.7. The van der Waals surface area contributed by atoms with Crippen molar-refractivity contribution in [3.05, 3.63) is 94.0 Å². The van der Waals surface area contributed by atoms with Gasteiger partial charge in [0.1, 0.15) is 0 Å². The van der Waals surface area contributed by atoms with Gasteiger partial charge >= 0.3 is 6.09 Å². The highest BCUT2D eigenvalue weighted by Gasteiger charge is 2.43. The summed E-state index contributed by atoms with van der Waals surface area (Å²) in [5, 5.41) is 28.3. The Labute approximate surface area is 271 Å². The zero-order chi connectivity index (χ0) is 32.2. The van der Waals surface area contributed by atoms with Gasteiger partial charge in [0, 0.05) is 54.9 Å². The minimum absolute atomic E-state index is 0.0591. The second kappa shape index (κ2) is 16.8. The minimum atomic E-state index is -1.32. The lowest BCUT2D eigenvalue weighted by Crippen LogP contribution is -2.48. The van der Waals surface area contributed by atoms with E-state index in [1.54, 1.807) is 0 Å². The molecule has 1 aliphatic rings. The van der Waals surface area contributed by atoms with E-state index in [0.717, 1.165) is 48.1 Å². The van der Waals surface area contributed by atoms with Crippen molar-refractivity contribution >= 4 is 23.6 Å². The molecular formula is C36H46ClN3O5. The molecule has 0 aliphatic carbocycles. The van der Waals surface area contributed by atoms with E-state index in [1.165, 1.54) is 12.7 Å². The first-order valence-electron chi connectivity index (χ1n) is 15.9. The number of carbonyl (C=O) groups excluding carboxylic acids is 2. The molecule has 0 bridgehead atoms. The number of piperidine rings is 1. The van der Waals surface area contributed by atoms with Gasteiger partial charge in [0.2, 0.25) is 0 Å². The molecule has 45 heavy (non-hydrogen) atoms. The summed E-state index contributed by atoms with van der Waals surface area (Å²) >= 11 is 6.88. The highest BCUT2D eigenvalue weighted by atomic mass is 35.5. The molecule has 8 nitrogen and oxygen atoms in total. The average Bonchev–Trinajstić information content (AvgIpc) is 3.08. The van der Waals surface area contributed by atoms with Crippen molar-refractivity contribution in [1.82, 2.24) is 15.5 Å². The third-order valence-corrected chi connectivity index (χ3v) is 9.03. The predicted molar refractivity (Wildman–Crippen MR) is 178 cm³/mol. The lowest BCUT2D eigenvalue weighted by Gasteiger charge is -2.44. The van der Waals surface area contributed by atoms with Gasteiger partial charge in [-0.15, -0.1) is 0 Å². The lowest BCUT2D eigenvalue weighted by molar-refractivity contribution is -0.0563. The van der Waals surface area contributed by atoms with Crippen LogP contribution in [-0.4, -0.2) is 67.0 Å². The standard InChI is InChI=1S/C36H46ClN3O5/c1-3-26-9-4-10-29(23-26)33-31(12-5-13-32(33)37)36(44,18-7-20-39-35(43)45-2)30-11-6-21-40(25-30)34(42)28-16-14-27(15-17-28)24-38-19-8-22-41/h4-5,9-10,12-17,23,30,38,41,44H,3,6-8,11,18-22,24-25H2,1-2H3,(H,39,43). The summed E-state index contributed by atoms with van der Waals surface area (Å²) in [5.41, 5.74) is 4.00. The highest BCUT2D eigenvalue weighted by Crippen LogP contribution is 2.45. The number of nitrogens with zero attached hydrogens (tertiary/aromatic N) is 1. The van der Waals surface area contributed by atoms with Crippen LogP contribution < -0.4 is 10.6 Å². The molecule has 0 spiro atoms. The van der Waals surface area contributed by atoms with Crippen LogP contribution in [0, 0.1) is 5.92 Å². The molecule has 2 unspecified atom stereocenters. The van der Waals surface area contributed by atoms with Gasteiger partial charge in [-0.2, -0.15) is 0 Å². The number of carbonyl (C=O) groups is 2. The van der Waals surface area contributed by atoms with Crippen molar-refractivity contribution in [1.29, 1.82) is 0 Å². The number of halogens is 1. The molecule has 1 heterocycles. The Bertz CT molecular complexity index is 1420. The molecule has 9 heteroatoms. The van der Waals surface area contributed by atoms with E-state index in [4.69, 9.17) is 21.4 Å². The molecule has 1 fully saturated rings. The van der Waals surface area contributed by atoms with Crippen molar-refractivity contribution in [2.45, 2.75) is 57.6 Å². The molecule has 2 amide bonds. The van der Waals surface area contributed by atoms with Crippen molar-refractivity contribution < 1.29 is 24.5 Å². The topological polar surface area (TPSA) is 111 Å². The summed E-state index contributed by atoms with van der Waals surface area (Å²) in [6, 6.07) is 21.5. The van der Waals surface area contributed by atoms with Gasteiger partial charge < -0.3 is 30.5 Å². The van der Waals surface area contributed by atoms with Crippen LogP contribution in [0.1, 0.15) is 66.1 Å². The predicted octanol–water partition coefficient (Wildman–Crippen LogP) is 5.92. The fraction of sp³-hybridized carbons (Fsp3) is 0.444. The van der Waals surface area contributed by atoms with Gasteiger partial charge in [-0.1, -0.05) is 67.1 Å². The molecule has 1 aliphatic heterocycles. The van der Waals surface area contributed by atoms with E-state index < -0.39 is 11.7 Å². The van der Waals surface area contributed by atoms with E-state index in [1.807, 2.05) is 59.5 Å². The van der Waals surface area contributed by atoms with Crippen molar-refractivity contribution in [3.63, 3.8) is 0 Å². The normalized spacial score (nSPS) is 16.2. The monoisotopic (exact) mass is 635 g/mol. The Morgan fingerprint density at radius 2 is 1.82 bits per heavy atom. The fourth-order valence-electron chi connectivity index (χ4n) is 6.24. The number of aliphatic hydroxyl groups excluding tert-OH is 1. The van der Waals surface area contributed by atoms with Crippen LogP contribution in [-0.2, 0) is 23.3 Å². The van der Waals surface area contributed by atoms with Crippen LogP contribution in [0.15, 0.2) is 66.7 Å². The van der Waals surface area contributed by atoms with Gasteiger partial charge in [0.15, 0.2) is 0 Å². The fourth-order valence-corrected chi connectivity index (χ4v) is 6.52. The number of rotatable bonds is 14. The number of methoxy groups -OCH3 is 1. The number of alkyl carbamates (subject to hydrolysis) is 1. The molecule has 3 aromatic carbocycles. The maximum Gasteiger partial charge on any atom is 0.406 e. The first-order chi connectivity index (χ1) is 21.8. The maximum absolute atomic E-state index is 13.7. The zero-order valence-corrected chi connectivity index (χ0v) is 27.1. The quantitative estimate of drug-likeness (QED) is 0.164. The molecule has 0 radical (unpaired) electrons.